The zero-order valence-corrected chi connectivity index (χ0v) is 18.4. The highest BCUT2D eigenvalue weighted by Gasteiger charge is 2.21. The molecular formula is C25H22N4O2S. The molecule has 6 nitrogen and oxygen atoms in total. The van der Waals surface area contributed by atoms with E-state index in [9.17, 15) is 9.59 Å². The molecule has 0 aromatic heterocycles. The minimum Gasteiger partial charge on any atom is -0.325 e. The number of ketones is 1. The summed E-state index contributed by atoms with van der Waals surface area (Å²) in [5.41, 5.74) is 3.06. The maximum absolute atomic E-state index is 12.6. The average molecular weight is 443 g/mol. The van der Waals surface area contributed by atoms with Crippen LogP contribution in [0.5, 0.6) is 0 Å². The van der Waals surface area contributed by atoms with Gasteiger partial charge >= 0.3 is 0 Å². The lowest BCUT2D eigenvalue weighted by atomic mass is 10.1. The zero-order valence-electron chi connectivity index (χ0n) is 17.6. The summed E-state index contributed by atoms with van der Waals surface area (Å²) >= 11 is 1.35. The van der Waals surface area contributed by atoms with Crippen LogP contribution in [0.15, 0.2) is 94.9 Å². The summed E-state index contributed by atoms with van der Waals surface area (Å²) in [7, 11) is 0. The lowest BCUT2D eigenvalue weighted by molar-refractivity contribution is -0.113. The van der Waals surface area contributed by atoms with Gasteiger partial charge in [-0.15, -0.1) is 0 Å². The van der Waals surface area contributed by atoms with Gasteiger partial charge in [0.1, 0.15) is 6.67 Å². The van der Waals surface area contributed by atoms with Gasteiger partial charge in [-0.3, -0.25) is 9.59 Å². The number of anilines is 2. The Kier molecular flexibility index (Phi) is 6.77. The molecular weight excluding hydrogens is 420 g/mol. The summed E-state index contributed by atoms with van der Waals surface area (Å²) in [5, 5.41) is 3.56. The van der Waals surface area contributed by atoms with E-state index < -0.39 is 0 Å². The number of amides is 1. The molecule has 0 saturated carbocycles. The molecule has 0 radical (unpaired) electrons. The number of nitrogens with zero attached hydrogens (tertiary/aromatic N) is 3. The van der Waals surface area contributed by atoms with E-state index in [0.717, 1.165) is 11.3 Å². The van der Waals surface area contributed by atoms with Gasteiger partial charge in [-0.1, -0.05) is 72.4 Å². The summed E-state index contributed by atoms with van der Waals surface area (Å²) in [4.78, 5) is 35.6. The molecule has 0 atom stereocenters. The largest absolute Gasteiger partial charge is 0.325 e. The van der Waals surface area contributed by atoms with Gasteiger partial charge in [0, 0.05) is 22.5 Å². The topological polar surface area (TPSA) is 74.1 Å². The average Bonchev–Trinajstić information content (AvgIpc) is 2.84. The Morgan fingerprint density at radius 1 is 0.969 bits per heavy atom. The third kappa shape index (κ3) is 5.31. The molecule has 160 valence electrons. The van der Waals surface area contributed by atoms with E-state index in [1.807, 2.05) is 65.6 Å². The number of para-hydroxylation sites is 1. The predicted molar refractivity (Wildman–Crippen MR) is 132 cm³/mol. The lowest BCUT2D eigenvalue weighted by Gasteiger charge is -2.27. The molecule has 0 aliphatic carbocycles. The zero-order chi connectivity index (χ0) is 22.3. The fourth-order valence-electron chi connectivity index (χ4n) is 3.18. The van der Waals surface area contributed by atoms with Crippen molar-refractivity contribution in [3.8, 4) is 0 Å². The standard InChI is InChI=1S/C25H22N4O2S/c1-18(30)20-11-8-12-21(15-20)27-23(31)16-32-25-28-24(19-9-4-2-5-10-19)26-17-29(25)22-13-6-3-7-14-22/h2-15H,16-17H2,1H3,(H,27,31). The molecule has 0 saturated heterocycles. The minimum absolute atomic E-state index is 0.0433. The Labute approximate surface area is 191 Å². The van der Waals surface area contributed by atoms with Crippen LogP contribution in [-0.2, 0) is 4.79 Å². The number of thioether (sulfide) groups is 1. The summed E-state index contributed by atoms with van der Waals surface area (Å²) in [6.07, 6.45) is 0. The van der Waals surface area contributed by atoms with Crippen molar-refractivity contribution in [2.75, 3.05) is 22.6 Å². The van der Waals surface area contributed by atoms with Crippen molar-refractivity contribution in [1.29, 1.82) is 0 Å². The molecule has 0 fully saturated rings. The fourth-order valence-corrected chi connectivity index (χ4v) is 3.98. The van der Waals surface area contributed by atoms with Gasteiger partial charge in [0.25, 0.3) is 0 Å². The molecule has 3 aromatic rings. The van der Waals surface area contributed by atoms with Gasteiger partial charge in [-0.05, 0) is 31.2 Å². The van der Waals surface area contributed by atoms with Crippen LogP contribution in [0.2, 0.25) is 0 Å². The van der Waals surface area contributed by atoms with Crippen LogP contribution in [0.3, 0.4) is 0 Å². The number of carbonyl (C=O) groups excluding carboxylic acids is 2. The molecule has 1 aliphatic heterocycles. The van der Waals surface area contributed by atoms with Gasteiger partial charge in [-0.25, -0.2) is 9.98 Å². The quantitative estimate of drug-likeness (QED) is 0.554. The molecule has 0 bridgehead atoms. The Morgan fingerprint density at radius 2 is 1.69 bits per heavy atom. The molecule has 32 heavy (non-hydrogen) atoms. The Hall–Kier alpha value is -3.71. The highest BCUT2D eigenvalue weighted by Crippen LogP contribution is 2.23. The van der Waals surface area contributed by atoms with E-state index in [1.54, 1.807) is 24.3 Å². The first kappa shape index (κ1) is 21.5. The van der Waals surface area contributed by atoms with Gasteiger partial charge in [0.2, 0.25) is 5.91 Å². The first-order chi connectivity index (χ1) is 15.6. The van der Waals surface area contributed by atoms with Gasteiger partial charge in [-0.2, -0.15) is 0 Å². The van der Waals surface area contributed by atoms with Crippen LogP contribution in [-0.4, -0.2) is 35.1 Å². The normalized spacial score (nSPS) is 13.2. The van der Waals surface area contributed by atoms with Crippen molar-refractivity contribution in [3.63, 3.8) is 0 Å². The number of Topliss-reactive ketones (excluding diaryl/α,β-unsaturated/α-hetero) is 1. The van der Waals surface area contributed by atoms with Crippen LogP contribution < -0.4 is 10.2 Å². The van der Waals surface area contributed by atoms with E-state index in [4.69, 9.17) is 4.99 Å². The molecule has 1 aliphatic rings. The van der Waals surface area contributed by atoms with E-state index in [-0.39, 0.29) is 17.4 Å². The number of nitrogens with one attached hydrogen (secondary N) is 1. The predicted octanol–water partition coefficient (Wildman–Crippen LogP) is 4.84. The second-order valence-electron chi connectivity index (χ2n) is 7.12. The molecule has 1 N–H and O–H groups in total. The smallest absolute Gasteiger partial charge is 0.234 e. The summed E-state index contributed by atoms with van der Waals surface area (Å²) in [5.74, 6) is 0.609. The molecule has 3 aromatic carbocycles. The SMILES string of the molecule is CC(=O)c1cccc(NC(=O)CSC2=NC(c3ccccc3)=NCN2c2ccccc2)c1. The van der Waals surface area contributed by atoms with Crippen molar-refractivity contribution in [3.05, 3.63) is 96.1 Å². The lowest BCUT2D eigenvalue weighted by Crippen LogP contribution is -2.34. The van der Waals surface area contributed by atoms with Crippen LogP contribution in [0, 0.1) is 0 Å². The number of aliphatic imine (C=N–C) groups is 2. The molecule has 0 spiro atoms. The highest BCUT2D eigenvalue weighted by molar-refractivity contribution is 8.14. The van der Waals surface area contributed by atoms with Crippen LogP contribution >= 0.6 is 11.8 Å². The van der Waals surface area contributed by atoms with Crippen molar-refractivity contribution >= 4 is 45.8 Å². The van der Waals surface area contributed by atoms with E-state index >= 15 is 0 Å². The monoisotopic (exact) mass is 442 g/mol. The van der Waals surface area contributed by atoms with E-state index in [2.05, 4.69) is 10.3 Å². The molecule has 0 unspecified atom stereocenters. The first-order valence-corrected chi connectivity index (χ1v) is 11.1. The van der Waals surface area contributed by atoms with Gasteiger partial charge in [0.05, 0.1) is 5.75 Å². The third-order valence-electron chi connectivity index (χ3n) is 4.78. The summed E-state index contributed by atoms with van der Waals surface area (Å²) in [6, 6.07) is 26.6. The molecule has 7 heteroatoms. The number of amidine groups is 2. The van der Waals surface area contributed by atoms with E-state index in [1.165, 1.54) is 18.7 Å². The first-order valence-electron chi connectivity index (χ1n) is 10.1. The maximum Gasteiger partial charge on any atom is 0.234 e. The maximum atomic E-state index is 12.6. The van der Waals surface area contributed by atoms with Crippen LogP contribution in [0.1, 0.15) is 22.8 Å². The Bertz CT molecular complexity index is 1180. The Morgan fingerprint density at radius 3 is 2.41 bits per heavy atom. The molecule has 1 amide bonds. The number of benzene rings is 3. The van der Waals surface area contributed by atoms with Crippen molar-refractivity contribution < 1.29 is 9.59 Å². The number of hydrogen-bond donors (Lipinski definition) is 1. The minimum atomic E-state index is -0.171. The van der Waals surface area contributed by atoms with Crippen molar-refractivity contribution in [2.24, 2.45) is 9.98 Å². The summed E-state index contributed by atoms with van der Waals surface area (Å²) in [6.45, 7) is 1.92. The van der Waals surface area contributed by atoms with Crippen LogP contribution in [0.25, 0.3) is 0 Å². The fraction of sp³-hybridized carbons (Fsp3) is 0.120. The third-order valence-corrected chi connectivity index (χ3v) is 5.76. The second-order valence-corrected chi connectivity index (χ2v) is 8.06. The van der Waals surface area contributed by atoms with Crippen molar-refractivity contribution in [2.45, 2.75) is 6.92 Å². The number of rotatable bonds is 6. The van der Waals surface area contributed by atoms with Crippen molar-refractivity contribution in [1.82, 2.24) is 0 Å². The molecule has 1 heterocycles. The highest BCUT2D eigenvalue weighted by atomic mass is 32.2. The van der Waals surface area contributed by atoms with E-state index in [0.29, 0.717) is 28.9 Å². The molecule has 4 rings (SSSR count). The summed E-state index contributed by atoms with van der Waals surface area (Å²) < 4.78 is 0. The number of hydrogen-bond acceptors (Lipinski definition) is 6. The van der Waals surface area contributed by atoms with Gasteiger partial charge < -0.3 is 10.2 Å². The Balaban J connectivity index is 1.50. The van der Waals surface area contributed by atoms with Gasteiger partial charge in [0.15, 0.2) is 16.8 Å². The number of carbonyl (C=O) groups is 2. The second kappa shape index (κ2) is 10.1. The van der Waals surface area contributed by atoms with Crippen LogP contribution in [0.4, 0.5) is 11.4 Å².